The fourth-order valence-corrected chi connectivity index (χ4v) is 4.32. The van der Waals surface area contributed by atoms with Crippen LogP contribution in [-0.4, -0.2) is 31.7 Å². The molecule has 0 saturated carbocycles. The van der Waals surface area contributed by atoms with Gasteiger partial charge in [0.1, 0.15) is 10.7 Å². The van der Waals surface area contributed by atoms with Crippen LogP contribution in [-0.2, 0) is 10.0 Å². The van der Waals surface area contributed by atoms with Gasteiger partial charge in [-0.2, -0.15) is 4.31 Å². The Morgan fingerprint density at radius 3 is 2.22 bits per heavy atom. The molecule has 0 unspecified atom stereocenters. The van der Waals surface area contributed by atoms with Gasteiger partial charge < -0.3 is 5.32 Å². The van der Waals surface area contributed by atoms with E-state index in [0.717, 1.165) is 10.4 Å². The van der Waals surface area contributed by atoms with Crippen molar-refractivity contribution in [3.05, 3.63) is 58.4 Å². The van der Waals surface area contributed by atoms with E-state index in [1.807, 2.05) is 0 Å². The molecule has 0 spiro atoms. The summed E-state index contributed by atoms with van der Waals surface area (Å²) in [6.45, 7) is 3.70. The summed E-state index contributed by atoms with van der Waals surface area (Å²) in [5, 5.41) is 1.99. The summed E-state index contributed by atoms with van der Waals surface area (Å²) in [6, 6.07) is 4.28. The van der Waals surface area contributed by atoms with Crippen molar-refractivity contribution in [1.29, 1.82) is 0 Å². The second kappa shape index (κ2) is 8.28. The number of sulfonamides is 1. The van der Waals surface area contributed by atoms with Crippen LogP contribution in [0.25, 0.3) is 0 Å². The van der Waals surface area contributed by atoms with E-state index in [0.29, 0.717) is 12.1 Å². The highest BCUT2D eigenvalue weighted by Gasteiger charge is 2.26. The Morgan fingerprint density at radius 1 is 1.04 bits per heavy atom. The molecule has 5 nitrogen and oxygen atoms in total. The number of hydrogen-bond donors (Lipinski definition) is 1. The van der Waals surface area contributed by atoms with Gasteiger partial charge in [-0.25, -0.2) is 21.6 Å². The van der Waals surface area contributed by atoms with Crippen molar-refractivity contribution in [1.82, 2.24) is 4.31 Å². The second-order valence-corrected chi connectivity index (χ2v) is 7.75. The van der Waals surface area contributed by atoms with Gasteiger partial charge in [0.05, 0.1) is 10.7 Å². The lowest BCUT2D eigenvalue weighted by Crippen LogP contribution is -2.31. The summed E-state index contributed by atoms with van der Waals surface area (Å²) in [5.41, 5.74) is -0.726. The minimum atomic E-state index is -3.94. The average Bonchev–Trinajstić information content (AvgIpc) is 2.60. The molecule has 10 heteroatoms. The maximum absolute atomic E-state index is 13.7. The molecule has 2 aromatic carbocycles. The highest BCUT2D eigenvalue weighted by molar-refractivity contribution is 7.89. The zero-order chi connectivity index (χ0) is 20.4. The van der Waals surface area contributed by atoms with Gasteiger partial charge in [0.25, 0.3) is 5.91 Å². The summed E-state index contributed by atoms with van der Waals surface area (Å²) in [5.74, 6) is -4.82. The first-order chi connectivity index (χ1) is 12.6. The molecule has 1 N–H and O–H groups in total. The van der Waals surface area contributed by atoms with E-state index >= 15 is 0 Å². The summed E-state index contributed by atoms with van der Waals surface area (Å²) in [6.07, 6.45) is 0. The van der Waals surface area contributed by atoms with Crippen molar-refractivity contribution in [2.45, 2.75) is 18.7 Å². The van der Waals surface area contributed by atoms with E-state index in [4.69, 9.17) is 11.6 Å². The molecular formula is C17H16ClF3N2O3S. The van der Waals surface area contributed by atoms with Crippen LogP contribution in [0.4, 0.5) is 18.9 Å². The molecule has 0 fully saturated rings. The second-order valence-electron chi connectivity index (χ2n) is 5.43. The lowest BCUT2D eigenvalue weighted by Gasteiger charge is -2.19. The summed E-state index contributed by atoms with van der Waals surface area (Å²) in [4.78, 5) is 12.0. The molecule has 0 aromatic heterocycles. The van der Waals surface area contributed by atoms with Gasteiger partial charge in [0, 0.05) is 30.8 Å². The van der Waals surface area contributed by atoms with E-state index in [9.17, 15) is 26.4 Å². The summed E-state index contributed by atoms with van der Waals surface area (Å²) in [7, 11) is -3.94. The fourth-order valence-electron chi connectivity index (χ4n) is 2.36. The number of rotatable bonds is 6. The molecule has 2 aromatic rings. The van der Waals surface area contributed by atoms with Crippen LogP contribution in [0.3, 0.4) is 0 Å². The van der Waals surface area contributed by atoms with Gasteiger partial charge in [-0.05, 0) is 18.2 Å². The van der Waals surface area contributed by atoms with E-state index in [1.165, 1.54) is 12.1 Å². The third-order valence-corrected chi connectivity index (χ3v) is 6.31. The van der Waals surface area contributed by atoms with Crippen LogP contribution < -0.4 is 5.32 Å². The smallest absolute Gasteiger partial charge is 0.255 e. The Kier molecular flexibility index (Phi) is 6.50. The van der Waals surface area contributed by atoms with Gasteiger partial charge >= 0.3 is 0 Å². The van der Waals surface area contributed by atoms with Crippen LogP contribution in [0.5, 0.6) is 0 Å². The third kappa shape index (κ3) is 4.42. The van der Waals surface area contributed by atoms with Crippen LogP contribution in [0.1, 0.15) is 24.2 Å². The Balaban J connectivity index is 2.41. The largest absolute Gasteiger partial charge is 0.319 e. The molecule has 0 heterocycles. The summed E-state index contributed by atoms with van der Waals surface area (Å²) < 4.78 is 66.4. The Bertz CT molecular complexity index is 980. The van der Waals surface area contributed by atoms with Gasteiger partial charge in [-0.1, -0.05) is 25.4 Å². The maximum atomic E-state index is 13.7. The first-order valence-electron chi connectivity index (χ1n) is 7.87. The molecule has 0 aliphatic heterocycles. The molecule has 0 saturated heterocycles. The van der Waals surface area contributed by atoms with Gasteiger partial charge in [-0.3, -0.25) is 4.79 Å². The zero-order valence-corrected chi connectivity index (χ0v) is 16.0. The maximum Gasteiger partial charge on any atom is 0.255 e. The molecule has 1 amide bonds. The molecule has 0 atom stereocenters. The fraction of sp³-hybridized carbons (Fsp3) is 0.235. The van der Waals surface area contributed by atoms with Crippen molar-refractivity contribution >= 4 is 33.2 Å². The highest BCUT2D eigenvalue weighted by atomic mass is 35.5. The van der Waals surface area contributed by atoms with Gasteiger partial charge in [0.2, 0.25) is 10.0 Å². The number of carbonyl (C=O) groups is 1. The van der Waals surface area contributed by atoms with Crippen molar-refractivity contribution in [3.8, 4) is 0 Å². The molecule has 0 radical (unpaired) electrons. The molecule has 27 heavy (non-hydrogen) atoms. The SMILES string of the molecule is CCN(CC)S(=O)(=O)c1cc(C(=O)Nc2cc(F)c(F)cc2F)ccc1Cl. The number of amides is 1. The number of hydrogen-bond acceptors (Lipinski definition) is 3. The number of halogens is 4. The van der Waals surface area contributed by atoms with Crippen LogP contribution in [0.2, 0.25) is 5.02 Å². The van der Waals surface area contributed by atoms with Crippen LogP contribution in [0, 0.1) is 17.5 Å². The lowest BCUT2D eigenvalue weighted by molar-refractivity contribution is 0.102. The first kappa shape index (κ1) is 21.2. The molecule has 2 rings (SSSR count). The topological polar surface area (TPSA) is 66.5 Å². The Hall–Kier alpha value is -2.10. The van der Waals surface area contributed by atoms with Crippen LogP contribution >= 0.6 is 11.6 Å². The Labute approximate surface area is 159 Å². The lowest BCUT2D eigenvalue weighted by atomic mass is 10.2. The first-order valence-corrected chi connectivity index (χ1v) is 9.69. The van der Waals surface area contributed by atoms with Gasteiger partial charge in [-0.15, -0.1) is 0 Å². The van der Waals surface area contributed by atoms with E-state index in [2.05, 4.69) is 5.32 Å². The zero-order valence-electron chi connectivity index (χ0n) is 14.4. The molecular weight excluding hydrogens is 405 g/mol. The molecule has 146 valence electrons. The van der Waals surface area contributed by atoms with Crippen molar-refractivity contribution in [2.24, 2.45) is 0 Å². The summed E-state index contributed by atoms with van der Waals surface area (Å²) >= 11 is 5.98. The van der Waals surface area contributed by atoms with E-state index < -0.39 is 39.1 Å². The predicted molar refractivity (Wildman–Crippen MR) is 95.8 cm³/mol. The molecule has 0 bridgehead atoms. The van der Waals surface area contributed by atoms with E-state index in [-0.39, 0.29) is 28.6 Å². The number of anilines is 1. The predicted octanol–water partition coefficient (Wildman–Crippen LogP) is 4.04. The highest BCUT2D eigenvalue weighted by Crippen LogP contribution is 2.27. The normalized spacial score (nSPS) is 11.7. The standard InChI is InChI=1S/C17H16ClF3N2O3S/c1-3-23(4-2)27(25,26)16-7-10(5-6-11(16)18)17(24)22-15-9-13(20)12(19)8-14(15)21/h5-9H,3-4H2,1-2H3,(H,22,24). The number of nitrogens with zero attached hydrogens (tertiary/aromatic N) is 1. The average molecular weight is 421 g/mol. The van der Waals surface area contributed by atoms with Crippen molar-refractivity contribution in [2.75, 3.05) is 18.4 Å². The number of benzene rings is 2. The monoisotopic (exact) mass is 420 g/mol. The minimum absolute atomic E-state index is 0.0857. The molecule has 0 aliphatic rings. The van der Waals surface area contributed by atoms with Crippen molar-refractivity contribution in [3.63, 3.8) is 0 Å². The van der Waals surface area contributed by atoms with E-state index in [1.54, 1.807) is 13.8 Å². The number of nitrogens with one attached hydrogen (secondary N) is 1. The quantitative estimate of drug-likeness (QED) is 0.717. The van der Waals surface area contributed by atoms with Crippen LogP contribution in [0.15, 0.2) is 35.2 Å². The number of carbonyl (C=O) groups excluding carboxylic acids is 1. The van der Waals surface area contributed by atoms with Crippen molar-refractivity contribution < 1.29 is 26.4 Å². The molecule has 0 aliphatic carbocycles. The third-order valence-electron chi connectivity index (χ3n) is 3.77. The van der Waals surface area contributed by atoms with Gasteiger partial charge in [0.15, 0.2) is 11.6 Å². The minimum Gasteiger partial charge on any atom is -0.319 e. The Morgan fingerprint density at radius 2 is 1.63 bits per heavy atom.